The first-order valence-electron chi connectivity index (χ1n) is 6.95. The number of aryl methyl sites for hydroxylation is 1. The number of carbonyl (C=O) groups excluding carboxylic acids is 3. The molecule has 0 aliphatic carbocycles. The lowest BCUT2D eigenvalue weighted by Gasteiger charge is -2.13. The van der Waals surface area contributed by atoms with E-state index >= 15 is 0 Å². The molecule has 3 amide bonds. The van der Waals surface area contributed by atoms with E-state index < -0.39 is 11.1 Å². The lowest BCUT2D eigenvalue weighted by Crippen LogP contribution is -2.40. The van der Waals surface area contributed by atoms with Crippen LogP contribution >= 0.6 is 11.8 Å². The maximum Gasteiger partial charge on any atom is 0.294 e. The van der Waals surface area contributed by atoms with Crippen molar-refractivity contribution in [1.29, 1.82) is 0 Å². The highest BCUT2D eigenvalue weighted by atomic mass is 32.2. The van der Waals surface area contributed by atoms with Gasteiger partial charge in [0.2, 0.25) is 5.91 Å². The van der Waals surface area contributed by atoms with E-state index in [0.717, 1.165) is 22.4 Å². The molecule has 1 N–H and O–H groups in total. The number of carbonyl (C=O) groups is 3. The summed E-state index contributed by atoms with van der Waals surface area (Å²) in [5.41, 5.74) is 0. The Hall–Kier alpha value is -2.02. The van der Waals surface area contributed by atoms with Crippen LogP contribution < -0.4 is 5.32 Å². The van der Waals surface area contributed by atoms with Crippen LogP contribution in [0.3, 0.4) is 0 Å². The maximum absolute atomic E-state index is 12.2. The molecule has 22 heavy (non-hydrogen) atoms. The second-order valence-corrected chi connectivity index (χ2v) is 6.41. The highest BCUT2D eigenvalue weighted by Gasteiger charge is 2.36. The number of thioether (sulfide) groups is 1. The SMILES string of the molecule is Cc1ccc(/C=C2\SC(=O)N(CC(=O)NCC(C)C)C2=O)o1. The third-order valence-corrected chi connectivity index (χ3v) is 3.82. The second-order valence-electron chi connectivity index (χ2n) is 5.41. The van der Waals surface area contributed by atoms with E-state index in [0.29, 0.717) is 18.2 Å². The zero-order valence-corrected chi connectivity index (χ0v) is 13.5. The molecule has 1 aliphatic rings. The lowest BCUT2D eigenvalue weighted by atomic mass is 10.2. The molecule has 2 rings (SSSR count). The van der Waals surface area contributed by atoms with Gasteiger partial charge in [-0.2, -0.15) is 0 Å². The number of nitrogens with zero attached hydrogens (tertiary/aromatic N) is 1. The quantitative estimate of drug-likeness (QED) is 0.842. The van der Waals surface area contributed by atoms with Crippen LogP contribution in [0.15, 0.2) is 21.5 Å². The smallest absolute Gasteiger partial charge is 0.294 e. The Labute approximate surface area is 132 Å². The van der Waals surface area contributed by atoms with Crippen LogP contribution in [0.2, 0.25) is 0 Å². The van der Waals surface area contributed by atoms with Gasteiger partial charge in [-0.15, -0.1) is 0 Å². The topological polar surface area (TPSA) is 79.6 Å². The van der Waals surface area contributed by atoms with E-state index in [9.17, 15) is 14.4 Å². The van der Waals surface area contributed by atoms with Gasteiger partial charge in [-0.25, -0.2) is 0 Å². The number of hydrogen-bond acceptors (Lipinski definition) is 5. The number of rotatable bonds is 5. The van der Waals surface area contributed by atoms with E-state index in [-0.39, 0.29) is 17.4 Å². The van der Waals surface area contributed by atoms with Crippen molar-refractivity contribution in [2.45, 2.75) is 20.8 Å². The van der Waals surface area contributed by atoms with Gasteiger partial charge in [0.25, 0.3) is 11.1 Å². The molecule has 7 heteroatoms. The number of amides is 3. The second kappa shape index (κ2) is 6.83. The first-order chi connectivity index (χ1) is 10.4. The normalized spacial score (nSPS) is 16.9. The van der Waals surface area contributed by atoms with Crippen molar-refractivity contribution in [2.24, 2.45) is 5.92 Å². The fourth-order valence-electron chi connectivity index (χ4n) is 1.81. The molecule has 2 heterocycles. The van der Waals surface area contributed by atoms with Crippen molar-refractivity contribution in [3.63, 3.8) is 0 Å². The van der Waals surface area contributed by atoms with Gasteiger partial charge in [0.05, 0.1) is 4.91 Å². The molecule has 1 aromatic heterocycles. The average molecular weight is 322 g/mol. The first kappa shape index (κ1) is 16.4. The minimum absolute atomic E-state index is 0.258. The summed E-state index contributed by atoms with van der Waals surface area (Å²) < 4.78 is 5.36. The summed E-state index contributed by atoms with van der Waals surface area (Å²) in [4.78, 5) is 37.0. The van der Waals surface area contributed by atoms with Crippen molar-refractivity contribution in [3.05, 3.63) is 28.6 Å². The summed E-state index contributed by atoms with van der Waals surface area (Å²) in [6.07, 6.45) is 1.52. The predicted octanol–water partition coefficient (Wildman–Crippen LogP) is 2.40. The molecule has 0 unspecified atom stereocenters. The van der Waals surface area contributed by atoms with Crippen LogP contribution in [0.1, 0.15) is 25.4 Å². The average Bonchev–Trinajstić information content (AvgIpc) is 2.96. The number of nitrogens with one attached hydrogen (secondary N) is 1. The van der Waals surface area contributed by atoms with Gasteiger partial charge in [-0.1, -0.05) is 13.8 Å². The van der Waals surface area contributed by atoms with Crippen LogP contribution in [0.5, 0.6) is 0 Å². The molecule has 0 radical (unpaired) electrons. The van der Waals surface area contributed by atoms with Crippen molar-refractivity contribution in [3.8, 4) is 0 Å². The summed E-state index contributed by atoms with van der Waals surface area (Å²) in [6, 6.07) is 3.49. The predicted molar refractivity (Wildman–Crippen MR) is 84.0 cm³/mol. The summed E-state index contributed by atoms with van der Waals surface area (Å²) in [5.74, 6) is 0.724. The van der Waals surface area contributed by atoms with Gasteiger partial charge in [-0.3, -0.25) is 19.3 Å². The zero-order chi connectivity index (χ0) is 16.3. The molecule has 1 fully saturated rings. The Balaban J connectivity index is 2.02. The minimum Gasteiger partial charge on any atom is -0.462 e. The summed E-state index contributed by atoms with van der Waals surface area (Å²) in [5, 5.41) is 2.24. The minimum atomic E-state index is -0.469. The fourth-order valence-corrected chi connectivity index (χ4v) is 2.63. The van der Waals surface area contributed by atoms with Crippen LogP contribution in [0.25, 0.3) is 6.08 Å². The van der Waals surface area contributed by atoms with Gasteiger partial charge in [0.15, 0.2) is 0 Å². The Morgan fingerprint density at radius 2 is 2.14 bits per heavy atom. The van der Waals surface area contributed by atoms with E-state index in [4.69, 9.17) is 4.42 Å². The zero-order valence-electron chi connectivity index (χ0n) is 12.7. The Morgan fingerprint density at radius 1 is 1.41 bits per heavy atom. The van der Waals surface area contributed by atoms with Gasteiger partial charge in [0, 0.05) is 12.6 Å². The highest BCUT2D eigenvalue weighted by molar-refractivity contribution is 8.18. The molecule has 118 valence electrons. The molecule has 0 bridgehead atoms. The number of furan rings is 1. The van der Waals surface area contributed by atoms with Crippen molar-refractivity contribution >= 4 is 34.9 Å². The third-order valence-electron chi connectivity index (χ3n) is 2.92. The summed E-state index contributed by atoms with van der Waals surface area (Å²) >= 11 is 0.811. The molecule has 0 atom stereocenters. The van der Waals surface area contributed by atoms with E-state index in [1.165, 1.54) is 6.08 Å². The van der Waals surface area contributed by atoms with E-state index in [1.54, 1.807) is 19.1 Å². The van der Waals surface area contributed by atoms with Crippen LogP contribution in [-0.4, -0.2) is 35.0 Å². The van der Waals surface area contributed by atoms with Gasteiger partial charge < -0.3 is 9.73 Å². The molecule has 0 aromatic carbocycles. The van der Waals surface area contributed by atoms with E-state index in [1.807, 2.05) is 13.8 Å². The summed E-state index contributed by atoms with van der Waals surface area (Å²) in [7, 11) is 0. The van der Waals surface area contributed by atoms with Gasteiger partial charge >= 0.3 is 0 Å². The van der Waals surface area contributed by atoms with Crippen LogP contribution in [0, 0.1) is 12.8 Å². The highest BCUT2D eigenvalue weighted by Crippen LogP contribution is 2.32. The Kier molecular flexibility index (Phi) is 5.07. The van der Waals surface area contributed by atoms with Crippen LogP contribution in [-0.2, 0) is 9.59 Å². The van der Waals surface area contributed by atoms with Gasteiger partial charge in [0.1, 0.15) is 18.1 Å². The Bertz CT molecular complexity index is 633. The molecular formula is C15H18N2O4S. The molecule has 1 saturated heterocycles. The van der Waals surface area contributed by atoms with Crippen molar-refractivity contribution < 1.29 is 18.8 Å². The molecule has 6 nitrogen and oxygen atoms in total. The monoisotopic (exact) mass is 322 g/mol. The van der Waals surface area contributed by atoms with Crippen LogP contribution in [0.4, 0.5) is 4.79 Å². The largest absolute Gasteiger partial charge is 0.462 e. The Morgan fingerprint density at radius 3 is 2.73 bits per heavy atom. The third kappa shape index (κ3) is 4.00. The fraction of sp³-hybridized carbons (Fsp3) is 0.400. The first-order valence-corrected chi connectivity index (χ1v) is 7.77. The summed E-state index contributed by atoms with van der Waals surface area (Å²) in [6.45, 7) is 5.98. The molecule has 0 saturated carbocycles. The molecular weight excluding hydrogens is 304 g/mol. The van der Waals surface area contributed by atoms with Crippen molar-refractivity contribution in [2.75, 3.05) is 13.1 Å². The van der Waals surface area contributed by atoms with Gasteiger partial charge in [-0.05, 0) is 36.7 Å². The number of imide groups is 1. The lowest BCUT2D eigenvalue weighted by molar-refractivity contribution is -0.129. The molecule has 1 aliphatic heterocycles. The van der Waals surface area contributed by atoms with E-state index in [2.05, 4.69) is 5.32 Å². The molecule has 0 spiro atoms. The number of hydrogen-bond donors (Lipinski definition) is 1. The molecule has 1 aromatic rings. The van der Waals surface area contributed by atoms with Crippen molar-refractivity contribution in [1.82, 2.24) is 10.2 Å². The standard InChI is InChI=1S/C15H18N2O4S/c1-9(2)7-16-13(18)8-17-14(19)12(22-15(17)20)6-11-5-4-10(3)21-11/h4-6,9H,7-8H2,1-3H3,(H,16,18)/b12-6-. The maximum atomic E-state index is 12.2.